The molecular weight excluding hydrogens is 242 g/mol. The molecule has 1 amide bonds. The zero-order chi connectivity index (χ0) is 14.3. The summed E-state index contributed by atoms with van der Waals surface area (Å²) in [5, 5.41) is 8.63. The molecule has 19 heavy (non-hydrogen) atoms. The Kier molecular flexibility index (Phi) is 6.06. The number of aryl methyl sites for hydroxylation is 1. The zero-order valence-corrected chi connectivity index (χ0v) is 11.6. The van der Waals surface area contributed by atoms with Gasteiger partial charge in [0.05, 0.1) is 0 Å². The van der Waals surface area contributed by atoms with E-state index in [9.17, 15) is 9.59 Å². The fourth-order valence-corrected chi connectivity index (χ4v) is 1.99. The number of carbonyl (C=O) groups excluding carboxylic acids is 1. The van der Waals surface area contributed by atoms with E-state index in [-0.39, 0.29) is 12.3 Å². The molecule has 0 bridgehead atoms. The van der Waals surface area contributed by atoms with E-state index in [1.165, 1.54) is 12.5 Å². The summed E-state index contributed by atoms with van der Waals surface area (Å²) in [5.41, 5.74) is 2.08. The molecule has 0 aromatic heterocycles. The highest BCUT2D eigenvalue weighted by molar-refractivity contribution is 5.91. The van der Waals surface area contributed by atoms with Crippen LogP contribution in [0.2, 0.25) is 0 Å². The van der Waals surface area contributed by atoms with Gasteiger partial charge in [-0.05, 0) is 30.5 Å². The van der Waals surface area contributed by atoms with Gasteiger partial charge >= 0.3 is 5.97 Å². The average molecular weight is 263 g/mol. The summed E-state index contributed by atoms with van der Waals surface area (Å²) in [6.45, 7) is 4.07. The minimum atomic E-state index is -0.832. The number of anilines is 1. The van der Waals surface area contributed by atoms with E-state index in [0.29, 0.717) is 13.0 Å². The molecule has 0 aliphatic carbocycles. The molecular formula is C15H21NO3. The summed E-state index contributed by atoms with van der Waals surface area (Å²) in [5.74, 6) is -0.893. The van der Waals surface area contributed by atoms with Crippen molar-refractivity contribution >= 4 is 17.6 Å². The summed E-state index contributed by atoms with van der Waals surface area (Å²) in [7, 11) is 0. The summed E-state index contributed by atoms with van der Waals surface area (Å²) in [6, 6.07) is 7.89. The van der Waals surface area contributed by atoms with Gasteiger partial charge in [-0.25, -0.2) is 0 Å². The van der Waals surface area contributed by atoms with E-state index in [2.05, 4.69) is 6.92 Å². The average Bonchev–Trinajstić information content (AvgIpc) is 2.35. The largest absolute Gasteiger partial charge is 0.481 e. The van der Waals surface area contributed by atoms with E-state index >= 15 is 0 Å². The molecule has 0 heterocycles. The van der Waals surface area contributed by atoms with Crippen molar-refractivity contribution in [3.63, 3.8) is 0 Å². The van der Waals surface area contributed by atoms with Crippen LogP contribution >= 0.6 is 0 Å². The number of carbonyl (C=O) groups is 2. The Morgan fingerprint density at radius 1 is 1.21 bits per heavy atom. The SMILES string of the molecule is CCCc1ccc(N(CCCC(=O)O)C(C)=O)cc1. The molecule has 1 N–H and O–H groups in total. The van der Waals surface area contributed by atoms with Crippen LogP contribution in [-0.4, -0.2) is 23.5 Å². The van der Waals surface area contributed by atoms with E-state index in [1.54, 1.807) is 4.90 Å². The normalized spacial score (nSPS) is 10.2. The van der Waals surface area contributed by atoms with Gasteiger partial charge < -0.3 is 10.0 Å². The molecule has 1 rings (SSSR count). The lowest BCUT2D eigenvalue weighted by Crippen LogP contribution is -2.29. The van der Waals surface area contributed by atoms with Crippen molar-refractivity contribution in [2.24, 2.45) is 0 Å². The van der Waals surface area contributed by atoms with Crippen LogP contribution in [0.1, 0.15) is 38.7 Å². The number of carboxylic acids is 1. The number of carboxylic acid groups (broad SMARTS) is 1. The van der Waals surface area contributed by atoms with E-state index in [0.717, 1.165) is 18.5 Å². The predicted molar refractivity (Wildman–Crippen MR) is 75.3 cm³/mol. The third-order valence-corrected chi connectivity index (χ3v) is 2.94. The number of rotatable bonds is 7. The molecule has 1 aromatic carbocycles. The molecule has 0 aliphatic heterocycles. The molecule has 1 aromatic rings. The van der Waals surface area contributed by atoms with Gasteiger partial charge in [-0.15, -0.1) is 0 Å². The Labute approximate surface area is 114 Å². The number of hydrogen-bond donors (Lipinski definition) is 1. The molecule has 104 valence electrons. The number of nitrogens with zero attached hydrogens (tertiary/aromatic N) is 1. The van der Waals surface area contributed by atoms with E-state index in [1.807, 2.05) is 24.3 Å². The minimum Gasteiger partial charge on any atom is -0.481 e. The van der Waals surface area contributed by atoms with Crippen molar-refractivity contribution in [2.45, 2.75) is 39.5 Å². The second-order valence-corrected chi connectivity index (χ2v) is 4.58. The first-order valence-corrected chi connectivity index (χ1v) is 6.63. The van der Waals surface area contributed by atoms with E-state index in [4.69, 9.17) is 5.11 Å². The fraction of sp³-hybridized carbons (Fsp3) is 0.467. The number of aliphatic carboxylic acids is 1. The molecule has 0 spiro atoms. The van der Waals surface area contributed by atoms with Crippen LogP contribution in [0.4, 0.5) is 5.69 Å². The van der Waals surface area contributed by atoms with Crippen LogP contribution in [-0.2, 0) is 16.0 Å². The Balaban J connectivity index is 2.69. The molecule has 0 radical (unpaired) electrons. The number of amides is 1. The minimum absolute atomic E-state index is 0.0615. The molecule has 4 nitrogen and oxygen atoms in total. The summed E-state index contributed by atoms with van der Waals surface area (Å²) < 4.78 is 0. The van der Waals surface area contributed by atoms with Crippen molar-refractivity contribution < 1.29 is 14.7 Å². The predicted octanol–water partition coefficient (Wildman–Crippen LogP) is 2.86. The highest BCUT2D eigenvalue weighted by Crippen LogP contribution is 2.17. The second-order valence-electron chi connectivity index (χ2n) is 4.58. The lowest BCUT2D eigenvalue weighted by atomic mass is 10.1. The molecule has 0 unspecified atom stereocenters. The number of hydrogen-bond acceptors (Lipinski definition) is 2. The molecule has 0 atom stereocenters. The molecule has 0 fully saturated rings. The van der Waals surface area contributed by atoms with Crippen LogP contribution in [0.15, 0.2) is 24.3 Å². The zero-order valence-electron chi connectivity index (χ0n) is 11.6. The van der Waals surface area contributed by atoms with Crippen molar-refractivity contribution in [3.8, 4) is 0 Å². The quantitative estimate of drug-likeness (QED) is 0.823. The first-order valence-electron chi connectivity index (χ1n) is 6.63. The van der Waals surface area contributed by atoms with E-state index < -0.39 is 5.97 Å². The van der Waals surface area contributed by atoms with Crippen LogP contribution < -0.4 is 4.90 Å². The second kappa shape index (κ2) is 7.56. The van der Waals surface area contributed by atoms with Crippen molar-refractivity contribution in [3.05, 3.63) is 29.8 Å². The monoisotopic (exact) mass is 263 g/mol. The Morgan fingerprint density at radius 2 is 1.84 bits per heavy atom. The third kappa shape index (κ3) is 5.12. The lowest BCUT2D eigenvalue weighted by Gasteiger charge is -2.21. The summed E-state index contributed by atoms with van der Waals surface area (Å²) >= 11 is 0. The van der Waals surface area contributed by atoms with Crippen LogP contribution in [0.3, 0.4) is 0 Å². The van der Waals surface area contributed by atoms with Crippen LogP contribution in [0.25, 0.3) is 0 Å². The first kappa shape index (κ1) is 15.2. The standard InChI is InChI=1S/C15H21NO3/c1-3-5-13-7-9-14(10-8-13)16(12(2)17)11-4-6-15(18)19/h7-10H,3-6,11H2,1-2H3,(H,18,19). The van der Waals surface area contributed by atoms with Gasteiger partial charge in [-0.3, -0.25) is 9.59 Å². The Morgan fingerprint density at radius 3 is 2.32 bits per heavy atom. The van der Waals surface area contributed by atoms with Crippen LogP contribution in [0.5, 0.6) is 0 Å². The van der Waals surface area contributed by atoms with Gasteiger partial charge in [0.25, 0.3) is 0 Å². The van der Waals surface area contributed by atoms with Crippen molar-refractivity contribution in [1.82, 2.24) is 0 Å². The molecule has 0 saturated carbocycles. The Hall–Kier alpha value is -1.84. The van der Waals surface area contributed by atoms with Crippen LogP contribution in [0, 0.1) is 0 Å². The highest BCUT2D eigenvalue weighted by atomic mass is 16.4. The first-order chi connectivity index (χ1) is 9.04. The van der Waals surface area contributed by atoms with Gasteiger partial charge in [-0.2, -0.15) is 0 Å². The summed E-state index contributed by atoms with van der Waals surface area (Å²) in [4.78, 5) is 23.7. The maximum atomic E-state index is 11.6. The Bertz CT molecular complexity index is 426. The highest BCUT2D eigenvalue weighted by Gasteiger charge is 2.11. The fourth-order valence-electron chi connectivity index (χ4n) is 1.99. The summed E-state index contributed by atoms with van der Waals surface area (Å²) in [6.07, 6.45) is 2.66. The van der Waals surface area contributed by atoms with Gasteiger partial charge in [0.15, 0.2) is 0 Å². The smallest absolute Gasteiger partial charge is 0.303 e. The van der Waals surface area contributed by atoms with Gasteiger partial charge in [0.2, 0.25) is 5.91 Å². The van der Waals surface area contributed by atoms with Gasteiger partial charge in [0.1, 0.15) is 0 Å². The van der Waals surface area contributed by atoms with Gasteiger partial charge in [0, 0.05) is 25.6 Å². The molecule has 4 heteroatoms. The molecule has 0 aliphatic rings. The lowest BCUT2D eigenvalue weighted by molar-refractivity contribution is -0.137. The maximum absolute atomic E-state index is 11.6. The topological polar surface area (TPSA) is 57.6 Å². The molecule has 0 saturated heterocycles. The van der Waals surface area contributed by atoms with Gasteiger partial charge in [-0.1, -0.05) is 25.5 Å². The third-order valence-electron chi connectivity index (χ3n) is 2.94. The maximum Gasteiger partial charge on any atom is 0.303 e. The van der Waals surface area contributed by atoms with Crippen molar-refractivity contribution in [1.29, 1.82) is 0 Å². The number of benzene rings is 1. The van der Waals surface area contributed by atoms with Crippen molar-refractivity contribution in [2.75, 3.05) is 11.4 Å².